The molecule has 0 atom stereocenters. The van der Waals surface area contributed by atoms with Crippen LogP contribution < -0.4 is 15.6 Å². The van der Waals surface area contributed by atoms with E-state index < -0.39 is 122 Å². The summed E-state index contributed by atoms with van der Waals surface area (Å²) in [4.78, 5) is 0. The van der Waals surface area contributed by atoms with E-state index in [1.807, 2.05) is 0 Å². The van der Waals surface area contributed by atoms with Crippen LogP contribution in [0.15, 0.2) is 12.3 Å². The molecule has 0 aliphatic rings. The molecule has 222 valence electrons. The molecule has 1 nitrogen and oxygen atoms in total. The van der Waals surface area contributed by atoms with Crippen LogP contribution in [0.3, 0.4) is 0 Å². The Labute approximate surface area is 220 Å². The summed E-state index contributed by atoms with van der Waals surface area (Å²) in [5.74, 6) is -47.5. The minimum atomic E-state index is -7.41. The van der Waals surface area contributed by atoms with Crippen LogP contribution >= 0.6 is 0 Å². The Morgan fingerprint density at radius 2 is 0.585 bits per heavy atom. The highest BCUT2D eigenvalue weighted by Crippen LogP contribution is 2.33. The molecule has 17 heteroatoms. The molecule has 0 saturated heterocycles. The highest BCUT2D eigenvalue weighted by atomic mass is 28.4. The fraction of sp³-hybridized carbons (Fsp3) is 0.167. The van der Waals surface area contributed by atoms with Crippen LogP contribution in [0.5, 0.6) is 0 Å². The molecule has 0 heterocycles. The zero-order chi connectivity index (χ0) is 31.7. The Morgan fingerprint density at radius 1 is 0.415 bits per heavy atom. The molecule has 0 amide bonds. The summed E-state index contributed by atoms with van der Waals surface area (Å²) in [7, 11) is -7.41. The first-order valence-corrected chi connectivity index (χ1v) is 12.5. The van der Waals surface area contributed by atoms with Gasteiger partial charge in [0.05, 0.1) is 21.3 Å². The van der Waals surface area contributed by atoms with Crippen molar-refractivity contribution in [2.75, 3.05) is 0 Å². The van der Waals surface area contributed by atoms with Crippen molar-refractivity contribution in [3.05, 3.63) is 99.6 Å². The van der Waals surface area contributed by atoms with E-state index in [-0.39, 0.29) is 0 Å². The van der Waals surface area contributed by atoms with Crippen molar-refractivity contribution < 1.29 is 70.3 Å². The molecule has 0 unspecified atom stereocenters. The van der Waals surface area contributed by atoms with Gasteiger partial charge < -0.3 is 4.43 Å². The maximum absolute atomic E-state index is 15.3. The number of rotatable bonds is 5. The van der Waals surface area contributed by atoms with E-state index in [1.54, 1.807) is 0 Å². The summed E-state index contributed by atoms with van der Waals surface area (Å²) in [5.41, 5.74) is -1.73. The average Bonchev–Trinajstić information content (AvgIpc) is 2.90. The summed E-state index contributed by atoms with van der Waals surface area (Å²) in [6, 6.07) is 0. The minimum absolute atomic E-state index is 1.05. The van der Waals surface area contributed by atoms with E-state index in [9.17, 15) is 39.5 Å². The predicted molar refractivity (Wildman–Crippen MR) is 113 cm³/mol. The molecule has 0 aliphatic heterocycles. The smallest absolute Gasteiger partial charge is 0.364 e. The summed E-state index contributed by atoms with van der Waals surface area (Å²) < 4.78 is 225. The molecule has 0 radical (unpaired) electrons. The summed E-state index contributed by atoms with van der Waals surface area (Å²) in [5, 5.41) is -8.36. The quantitative estimate of drug-likeness (QED) is 0.0804. The first-order valence-electron chi connectivity index (χ1n) is 10.6. The van der Waals surface area contributed by atoms with E-state index in [1.165, 1.54) is 0 Å². The Morgan fingerprint density at radius 3 is 0.756 bits per heavy atom. The molecule has 0 saturated carbocycles. The molecule has 0 N–H and O–H groups in total. The van der Waals surface area contributed by atoms with Gasteiger partial charge in [-0.15, -0.1) is 0 Å². The Hall–Kier alpha value is -3.63. The van der Waals surface area contributed by atoms with Gasteiger partial charge >= 0.3 is 8.32 Å². The zero-order valence-corrected chi connectivity index (χ0v) is 21.3. The molecule has 41 heavy (non-hydrogen) atoms. The molecule has 3 aromatic carbocycles. The van der Waals surface area contributed by atoms with Gasteiger partial charge in [-0.2, -0.15) is 0 Å². The van der Waals surface area contributed by atoms with Crippen LogP contribution in [0.2, 0.25) is 0 Å². The number of hydrogen-bond donors (Lipinski definition) is 0. The van der Waals surface area contributed by atoms with Crippen molar-refractivity contribution in [2.45, 2.75) is 20.8 Å². The summed E-state index contributed by atoms with van der Waals surface area (Å²) in [6.45, 7) is 6.28. The van der Waals surface area contributed by atoms with Crippen molar-refractivity contribution in [2.24, 2.45) is 5.41 Å². The monoisotopic (exact) mass is 628 g/mol. The average molecular weight is 628 g/mol. The number of benzene rings is 3. The van der Waals surface area contributed by atoms with Crippen LogP contribution in [0.1, 0.15) is 20.8 Å². The maximum atomic E-state index is 15.3. The molecule has 3 rings (SSSR count). The van der Waals surface area contributed by atoms with Crippen LogP contribution in [0, 0.1) is 92.7 Å². The highest BCUT2D eigenvalue weighted by Gasteiger charge is 2.60. The SMILES string of the molecule is C=C(O[Si](c1c(F)c(F)c(F)c(F)c1F)(c1c(F)c(F)c(F)c(F)c1F)c1c(F)c(F)c(F)c(F)c1F)C(C)(C)C. The fourth-order valence-corrected chi connectivity index (χ4v) is 7.85. The van der Waals surface area contributed by atoms with Gasteiger partial charge in [-0.05, 0) is 0 Å². The van der Waals surface area contributed by atoms with Crippen molar-refractivity contribution in [3.8, 4) is 0 Å². The molecule has 0 aromatic heterocycles. The lowest BCUT2D eigenvalue weighted by Crippen LogP contribution is -2.75. The lowest BCUT2D eigenvalue weighted by atomic mass is 9.95. The lowest BCUT2D eigenvalue weighted by Gasteiger charge is -2.38. The van der Waals surface area contributed by atoms with Gasteiger partial charge in [-0.25, -0.2) is 65.9 Å². The normalized spacial score (nSPS) is 12.2. The van der Waals surface area contributed by atoms with Crippen molar-refractivity contribution in [1.29, 1.82) is 0 Å². The van der Waals surface area contributed by atoms with E-state index in [2.05, 4.69) is 6.58 Å². The number of hydrogen-bond acceptors (Lipinski definition) is 1. The number of allylic oxidation sites excluding steroid dienone is 1. The van der Waals surface area contributed by atoms with Crippen molar-refractivity contribution in [1.82, 2.24) is 0 Å². The van der Waals surface area contributed by atoms with E-state index >= 15 is 26.3 Å². The Kier molecular flexibility index (Phi) is 8.03. The van der Waals surface area contributed by atoms with Crippen LogP contribution in [-0.4, -0.2) is 8.32 Å². The van der Waals surface area contributed by atoms with E-state index in [4.69, 9.17) is 4.43 Å². The lowest BCUT2D eigenvalue weighted by molar-refractivity contribution is 0.293. The van der Waals surface area contributed by atoms with Crippen LogP contribution in [0.4, 0.5) is 65.9 Å². The molecular weight excluding hydrogens is 617 g/mol. The van der Waals surface area contributed by atoms with Gasteiger partial charge in [-0.3, -0.25) is 0 Å². The van der Waals surface area contributed by atoms with Gasteiger partial charge in [0.15, 0.2) is 69.8 Å². The van der Waals surface area contributed by atoms with Crippen LogP contribution in [0.25, 0.3) is 0 Å². The van der Waals surface area contributed by atoms with E-state index in [0.717, 1.165) is 20.8 Å². The standard InChI is InChI=1S/C24H11F15OSi/c1-5(24(2,3)4)40-41(21-15(34)9(28)6(25)10(29)16(21)35,22-17(36)11(30)7(26)12(31)18(22)37)23-19(38)13(32)8(27)14(33)20(23)39/h1H2,2-4H3. The summed E-state index contributed by atoms with van der Waals surface area (Å²) >= 11 is 0. The molecule has 3 aromatic rings. The van der Waals surface area contributed by atoms with Gasteiger partial charge in [0.2, 0.25) is 17.5 Å². The van der Waals surface area contributed by atoms with Crippen molar-refractivity contribution >= 4 is 23.9 Å². The Balaban J connectivity index is 2.93. The van der Waals surface area contributed by atoms with E-state index in [0.29, 0.717) is 0 Å². The predicted octanol–water partition coefficient (Wildman–Crippen LogP) is 6.32. The fourth-order valence-electron chi connectivity index (χ4n) is 3.61. The zero-order valence-electron chi connectivity index (χ0n) is 20.3. The molecular formula is C24H11F15OSi. The second-order valence-electron chi connectivity index (χ2n) is 9.29. The first-order chi connectivity index (χ1) is 18.7. The number of halogens is 15. The maximum Gasteiger partial charge on any atom is 0.364 e. The highest BCUT2D eigenvalue weighted by molar-refractivity contribution is 7.07. The van der Waals surface area contributed by atoms with Gasteiger partial charge in [-0.1, -0.05) is 27.4 Å². The summed E-state index contributed by atoms with van der Waals surface area (Å²) in [6.07, 6.45) is 0. The van der Waals surface area contributed by atoms with Gasteiger partial charge in [0.1, 0.15) is 0 Å². The second-order valence-corrected chi connectivity index (χ2v) is 12.4. The third-order valence-corrected chi connectivity index (χ3v) is 9.78. The van der Waals surface area contributed by atoms with Crippen LogP contribution in [-0.2, 0) is 4.43 Å². The van der Waals surface area contributed by atoms with Crippen molar-refractivity contribution in [3.63, 3.8) is 0 Å². The first kappa shape index (κ1) is 31.9. The minimum Gasteiger partial charge on any atom is -0.533 e. The molecule has 0 spiro atoms. The second kappa shape index (κ2) is 10.3. The molecule has 0 aliphatic carbocycles. The largest absolute Gasteiger partial charge is 0.533 e. The third-order valence-electron chi connectivity index (χ3n) is 5.80. The topological polar surface area (TPSA) is 9.23 Å². The molecule has 0 fully saturated rings. The van der Waals surface area contributed by atoms with Gasteiger partial charge in [0.25, 0.3) is 0 Å². The third kappa shape index (κ3) is 4.53. The van der Waals surface area contributed by atoms with Gasteiger partial charge in [0, 0.05) is 5.41 Å². The molecule has 0 bridgehead atoms. The Bertz CT molecular complexity index is 1370.